The van der Waals surface area contributed by atoms with E-state index < -0.39 is 23.9 Å². The van der Waals surface area contributed by atoms with Crippen LogP contribution in [-0.4, -0.2) is 45.6 Å². The van der Waals surface area contributed by atoms with E-state index in [1.807, 2.05) is 30.3 Å². The van der Waals surface area contributed by atoms with Crippen molar-refractivity contribution in [3.63, 3.8) is 0 Å². The van der Waals surface area contributed by atoms with Gasteiger partial charge in [-0.3, -0.25) is 4.79 Å². The first-order valence-corrected chi connectivity index (χ1v) is 11.0. The summed E-state index contributed by atoms with van der Waals surface area (Å²) >= 11 is 0. The first-order chi connectivity index (χ1) is 16.7. The lowest BCUT2D eigenvalue weighted by Crippen LogP contribution is -2.42. The van der Waals surface area contributed by atoms with Crippen LogP contribution in [0.25, 0.3) is 10.9 Å². The first kappa shape index (κ1) is 25.2. The number of aromatic nitrogens is 2. The van der Waals surface area contributed by atoms with E-state index in [1.54, 1.807) is 19.1 Å². The Hall–Kier alpha value is -4.47. The standard InChI is InChI=1S/C25H27N5O5/c1-3-35-24(34)20(12-14(2)23(32)33)28-22(31)17-9-6-15(7-10-17)4-5-16-8-11-19-18(13-16)21(26)30-25(27)29-19/h6-11,13,20H,2-5,12H2,1H3,(H,28,31)(H,32,33)(H4,26,27,29,30). The molecule has 1 heterocycles. The molecule has 35 heavy (non-hydrogen) atoms. The number of rotatable bonds is 10. The van der Waals surface area contributed by atoms with Crippen molar-refractivity contribution in [2.24, 2.45) is 0 Å². The van der Waals surface area contributed by atoms with E-state index in [2.05, 4.69) is 21.9 Å². The van der Waals surface area contributed by atoms with E-state index in [-0.39, 0.29) is 24.5 Å². The van der Waals surface area contributed by atoms with Gasteiger partial charge in [-0.1, -0.05) is 24.8 Å². The summed E-state index contributed by atoms with van der Waals surface area (Å²) in [7, 11) is 0. The Bertz CT molecular complexity index is 1270. The number of esters is 1. The molecule has 0 radical (unpaired) electrons. The van der Waals surface area contributed by atoms with Crippen molar-refractivity contribution in [3.05, 3.63) is 71.3 Å². The van der Waals surface area contributed by atoms with Crippen LogP contribution >= 0.6 is 0 Å². The molecule has 3 rings (SSSR count). The summed E-state index contributed by atoms with van der Waals surface area (Å²) in [6.07, 6.45) is 1.19. The summed E-state index contributed by atoms with van der Waals surface area (Å²) in [6, 6.07) is 11.5. The normalized spacial score (nSPS) is 11.6. The number of carboxylic acids is 1. The zero-order valence-electron chi connectivity index (χ0n) is 19.3. The molecule has 0 bridgehead atoms. The minimum Gasteiger partial charge on any atom is -0.478 e. The summed E-state index contributed by atoms with van der Waals surface area (Å²) in [4.78, 5) is 44.1. The van der Waals surface area contributed by atoms with Gasteiger partial charge in [-0.2, -0.15) is 4.98 Å². The molecule has 0 aliphatic rings. The number of carbonyl (C=O) groups excluding carboxylic acids is 2. The second kappa shape index (κ2) is 11.1. The number of nitrogens with zero attached hydrogens (tertiary/aromatic N) is 2. The van der Waals surface area contributed by atoms with Gasteiger partial charge in [-0.15, -0.1) is 0 Å². The van der Waals surface area contributed by atoms with Gasteiger partial charge in [0.05, 0.1) is 12.1 Å². The highest BCUT2D eigenvalue weighted by molar-refractivity contribution is 5.97. The van der Waals surface area contributed by atoms with Gasteiger partial charge < -0.3 is 26.6 Å². The van der Waals surface area contributed by atoms with Crippen LogP contribution < -0.4 is 16.8 Å². The molecule has 0 saturated carbocycles. The quantitative estimate of drug-likeness (QED) is 0.252. The van der Waals surface area contributed by atoms with E-state index in [9.17, 15) is 14.4 Å². The molecule has 0 aliphatic heterocycles. The molecule has 182 valence electrons. The highest BCUT2D eigenvalue weighted by Crippen LogP contribution is 2.21. The third kappa shape index (κ3) is 6.53. The Labute approximate surface area is 202 Å². The molecule has 3 aromatic rings. The summed E-state index contributed by atoms with van der Waals surface area (Å²) in [5.74, 6) is -2.02. The number of hydrogen-bond donors (Lipinski definition) is 4. The molecule has 0 saturated heterocycles. The number of nitrogen functional groups attached to an aromatic ring is 2. The molecule has 1 atom stereocenters. The summed E-state index contributed by atoms with van der Waals surface area (Å²) < 4.78 is 4.94. The maximum absolute atomic E-state index is 12.7. The van der Waals surface area contributed by atoms with Crippen molar-refractivity contribution in [2.75, 3.05) is 18.1 Å². The van der Waals surface area contributed by atoms with Crippen molar-refractivity contribution in [1.82, 2.24) is 15.3 Å². The van der Waals surface area contributed by atoms with Crippen molar-refractivity contribution in [2.45, 2.75) is 32.2 Å². The van der Waals surface area contributed by atoms with Gasteiger partial charge in [0, 0.05) is 22.9 Å². The van der Waals surface area contributed by atoms with Crippen LogP contribution in [0.1, 0.15) is 34.8 Å². The number of aryl methyl sites for hydroxylation is 2. The fourth-order valence-corrected chi connectivity index (χ4v) is 3.50. The molecule has 1 amide bonds. The number of amides is 1. The third-order valence-electron chi connectivity index (χ3n) is 5.35. The number of ether oxygens (including phenoxy) is 1. The summed E-state index contributed by atoms with van der Waals surface area (Å²) in [6.45, 7) is 5.15. The average molecular weight is 478 g/mol. The van der Waals surface area contributed by atoms with Gasteiger partial charge in [0.15, 0.2) is 0 Å². The summed E-state index contributed by atoms with van der Waals surface area (Å²) in [5.41, 5.74) is 14.5. The maximum atomic E-state index is 12.7. The van der Waals surface area contributed by atoms with Crippen LogP contribution in [0, 0.1) is 0 Å². The van der Waals surface area contributed by atoms with Crippen molar-refractivity contribution < 1.29 is 24.2 Å². The number of anilines is 2. The maximum Gasteiger partial charge on any atom is 0.331 e. The minimum atomic E-state index is -1.25. The van der Waals surface area contributed by atoms with Gasteiger partial charge in [0.1, 0.15) is 11.9 Å². The second-order valence-electron chi connectivity index (χ2n) is 7.91. The number of nitrogens with two attached hydrogens (primary N) is 2. The van der Waals surface area contributed by atoms with Crippen LogP contribution in [-0.2, 0) is 27.2 Å². The van der Waals surface area contributed by atoms with Gasteiger partial charge in [0.25, 0.3) is 5.91 Å². The van der Waals surface area contributed by atoms with Crippen LogP contribution in [0.4, 0.5) is 11.8 Å². The van der Waals surface area contributed by atoms with Crippen LogP contribution in [0.2, 0.25) is 0 Å². The van der Waals surface area contributed by atoms with E-state index in [0.29, 0.717) is 23.3 Å². The van der Waals surface area contributed by atoms with E-state index >= 15 is 0 Å². The largest absolute Gasteiger partial charge is 0.478 e. The number of carbonyl (C=O) groups is 3. The molecule has 0 aliphatic carbocycles. The predicted molar refractivity (Wildman–Crippen MR) is 131 cm³/mol. The Kier molecular flexibility index (Phi) is 7.98. The Morgan fingerprint density at radius 3 is 2.37 bits per heavy atom. The summed E-state index contributed by atoms with van der Waals surface area (Å²) in [5, 5.41) is 12.3. The Morgan fingerprint density at radius 1 is 1.06 bits per heavy atom. The predicted octanol–water partition coefficient (Wildman–Crippen LogP) is 2.27. The monoisotopic (exact) mass is 477 g/mol. The molecule has 10 heteroatoms. The topological polar surface area (TPSA) is 171 Å². The Balaban J connectivity index is 1.64. The molecular weight excluding hydrogens is 450 g/mol. The SMILES string of the molecule is C=C(CC(NC(=O)c1ccc(CCc2ccc3nc(N)nc(N)c3c2)cc1)C(=O)OCC)C(=O)O. The van der Waals surface area contributed by atoms with E-state index in [1.165, 1.54) is 0 Å². The number of aliphatic carboxylic acids is 1. The van der Waals surface area contributed by atoms with Crippen LogP contribution in [0.5, 0.6) is 0 Å². The fourth-order valence-electron chi connectivity index (χ4n) is 3.50. The molecule has 0 fully saturated rings. The first-order valence-electron chi connectivity index (χ1n) is 11.0. The molecule has 1 unspecified atom stereocenters. The third-order valence-corrected chi connectivity index (χ3v) is 5.35. The van der Waals surface area contributed by atoms with Crippen molar-refractivity contribution in [3.8, 4) is 0 Å². The lowest BCUT2D eigenvalue weighted by molar-refractivity contribution is -0.145. The molecule has 2 aromatic carbocycles. The van der Waals surface area contributed by atoms with Gasteiger partial charge in [-0.25, -0.2) is 14.6 Å². The molecule has 1 aromatic heterocycles. The number of nitrogens with one attached hydrogen (secondary N) is 1. The van der Waals surface area contributed by atoms with Gasteiger partial charge in [-0.05, 0) is 55.2 Å². The Morgan fingerprint density at radius 2 is 1.71 bits per heavy atom. The van der Waals surface area contributed by atoms with Crippen molar-refractivity contribution >= 4 is 40.5 Å². The molecule has 6 N–H and O–H groups in total. The number of carboxylic acid groups (broad SMARTS) is 1. The van der Waals surface area contributed by atoms with E-state index in [0.717, 1.165) is 22.9 Å². The molecular formula is C25H27N5O5. The van der Waals surface area contributed by atoms with Gasteiger partial charge >= 0.3 is 11.9 Å². The van der Waals surface area contributed by atoms with Crippen LogP contribution in [0.3, 0.4) is 0 Å². The molecule has 0 spiro atoms. The number of hydrogen-bond acceptors (Lipinski definition) is 8. The number of fused-ring (bicyclic) bond motifs is 1. The fraction of sp³-hybridized carbons (Fsp3) is 0.240. The smallest absolute Gasteiger partial charge is 0.331 e. The lowest BCUT2D eigenvalue weighted by atomic mass is 10.0. The van der Waals surface area contributed by atoms with Gasteiger partial charge in [0.2, 0.25) is 5.95 Å². The lowest BCUT2D eigenvalue weighted by Gasteiger charge is -2.17. The molecule has 10 nitrogen and oxygen atoms in total. The average Bonchev–Trinajstić information content (AvgIpc) is 2.82. The highest BCUT2D eigenvalue weighted by Gasteiger charge is 2.25. The highest BCUT2D eigenvalue weighted by atomic mass is 16.5. The minimum absolute atomic E-state index is 0.102. The van der Waals surface area contributed by atoms with Crippen LogP contribution in [0.15, 0.2) is 54.6 Å². The number of benzene rings is 2. The van der Waals surface area contributed by atoms with Crippen molar-refractivity contribution in [1.29, 1.82) is 0 Å². The zero-order chi connectivity index (χ0) is 25.5. The second-order valence-corrected chi connectivity index (χ2v) is 7.91. The zero-order valence-corrected chi connectivity index (χ0v) is 19.3. The van der Waals surface area contributed by atoms with E-state index in [4.69, 9.17) is 21.3 Å².